The topological polar surface area (TPSA) is 80.3 Å². The van der Waals surface area contributed by atoms with Gasteiger partial charge in [-0.05, 0) is 24.7 Å². The smallest absolute Gasteiger partial charge is 0.772 e. The average molecular weight is 340 g/mol. The molecule has 0 aliphatic heterocycles. The Bertz CT molecular complexity index is 261. The maximum Gasteiger partial charge on any atom is 1.00 e. The van der Waals surface area contributed by atoms with Gasteiger partial charge in [0, 0.05) is 11.5 Å². The molecule has 4 atom stereocenters. The molecule has 4 nitrogen and oxygen atoms in total. The molecule has 0 fully saturated rings. The van der Waals surface area contributed by atoms with E-state index in [1.807, 2.05) is 13.8 Å². The molecule has 8 heteroatoms. The van der Waals surface area contributed by atoms with E-state index in [4.69, 9.17) is 0 Å². The van der Waals surface area contributed by atoms with E-state index in [0.717, 1.165) is 12.8 Å². The first kappa shape index (κ1) is 29.7. The zero-order valence-corrected chi connectivity index (χ0v) is 18.6. The summed E-state index contributed by atoms with van der Waals surface area (Å²) in [5, 5.41) is 0. The zero-order chi connectivity index (χ0) is 14.6. The standard InChI is InChI=1S/2C6H12O2S.2Na/c2*1-3-4-6(2)5-9(7)8;;/h2*3,6H,1,4-5H2,2H3,(H,7,8);;/q;;2*+1/p-2/t2*6-;;/m10../s1. The molecule has 0 heterocycles. The fraction of sp³-hybridized carbons (Fsp3) is 0.667. The van der Waals surface area contributed by atoms with Crippen molar-refractivity contribution in [2.45, 2.75) is 26.7 Å². The summed E-state index contributed by atoms with van der Waals surface area (Å²) in [6, 6.07) is 0. The number of allylic oxidation sites excluding steroid dienone is 2. The van der Waals surface area contributed by atoms with Crippen molar-refractivity contribution >= 4 is 22.2 Å². The summed E-state index contributed by atoms with van der Waals surface area (Å²) in [7, 11) is 0. The largest absolute Gasteiger partial charge is 1.00 e. The van der Waals surface area contributed by atoms with Gasteiger partial charge in [-0.2, -0.15) is 0 Å². The Morgan fingerprint density at radius 1 is 0.900 bits per heavy atom. The second kappa shape index (κ2) is 20.7. The third-order valence-corrected chi connectivity index (χ3v) is 3.66. The van der Waals surface area contributed by atoms with Gasteiger partial charge in [-0.1, -0.05) is 48.2 Å². The minimum Gasteiger partial charge on any atom is -0.772 e. The van der Waals surface area contributed by atoms with Gasteiger partial charge in [-0.15, -0.1) is 13.2 Å². The third-order valence-electron chi connectivity index (χ3n) is 1.98. The monoisotopic (exact) mass is 340 g/mol. The molecule has 0 saturated carbocycles. The van der Waals surface area contributed by atoms with Gasteiger partial charge in [0.25, 0.3) is 0 Å². The molecule has 0 aromatic heterocycles. The van der Waals surface area contributed by atoms with E-state index in [1.165, 1.54) is 0 Å². The second-order valence-electron chi connectivity index (χ2n) is 4.20. The SMILES string of the molecule is C=CC[C@@H](C)CS(=O)[O-].C=CC[C@H](C)CS(=O)[O-].[Na+].[Na+]. The van der Waals surface area contributed by atoms with Gasteiger partial charge in [0.1, 0.15) is 0 Å². The Morgan fingerprint density at radius 3 is 1.30 bits per heavy atom. The fourth-order valence-electron chi connectivity index (χ4n) is 1.17. The summed E-state index contributed by atoms with van der Waals surface area (Å²) >= 11 is -3.79. The summed E-state index contributed by atoms with van der Waals surface area (Å²) in [5.74, 6) is 0.902. The van der Waals surface area contributed by atoms with Gasteiger partial charge in [0.15, 0.2) is 0 Å². The Kier molecular flexibility index (Phi) is 30.7. The van der Waals surface area contributed by atoms with Gasteiger partial charge in [-0.25, -0.2) is 0 Å². The van der Waals surface area contributed by atoms with Crippen molar-refractivity contribution in [3.63, 3.8) is 0 Å². The molecule has 0 aliphatic rings. The van der Waals surface area contributed by atoms with Crippen LogP contribution in [0.2, 0.25) is 0 Å². The molecule has 0 rings (SSSR count). The summed E-state index contributed by atoms with van der Waals surface area (Å²) in [6.45, 7) is 10.8. The van der Waals surface area contributed by atoms with Gasteiger partial charge in [-0.3, -0.25) is 8.42 Å². The Hall–Kier alpha value is 1.70. The average Bonchev–Trinajstić information content (AvgIpc) is 2.16. The van der Waals surface area contributed by atoms with Crippen LogP contribution in [0.15, 0.2) is 25.3 Å². The Balaban J connectivity index is -0.000000116. The Morgan fingerprint density at radius 2 is 1.15 bits per heavy atom. The van der Waals surface area contributed by atoms with Crippen LogP contribution in [-0.4, -0.2) is 29.0 Å². The first-order chi connectivity index (χ1) is 8.33. The van der Waals surface area contributed by atoms with E-state index >= 15 is 0 Å². The third kappa shape index (κ3) is 27.9. The van der Waals surface area contributed by atoms with Crippen LogP contribution in [0.1, 0.15) is 26.7 Å². The maximum absolute atomic E-state index is 10.1. The van der Waals surface area contributed by atoms with Crippen LogP contribution in [0.25, 0.3) is 0 Å². The molecular weight excluding hydrogens is 318 g/mol. The number of rotatable bonds is 8. The predicted molar refractivity (Wildman–Crippen MR) is 75.5 cm³/mol. The van der Waals surface area contributed by atoms with Crippen molar-refractivity contribution in [3.05, 3.63) is 25.3 Å². The number of hydrogen-bond acceptors (Lipinski definition) is 4. The van der Waals surface area contributed by atoms with E-state index < -0.39 is 22.2 Å². The van der Waals surface area contributed by atoms with Gasteiger partial charge >= 0.3 is 59.1 Å². The van der Waals surface area contributed by atoms with E-state index in [1.54, 1.807) is 12.2 Å². The molecule has 2 unspecified atom stereocenters. The molecule has 108 valence electrons. The normalized spacial score (nSPS) is 15.0. The van der Waals surface area contributed by atoms with Crippen molar-refractivity contribution in [2.75, 3.05) is 11.5 Å². The van der Waals surface area contributed by atoms with Crippen molar-refractivity contribution in [3.8, 4) is 0 Å². The molecule has 0 aromatic carbocycles. The maximum atomic E-state index is 10.1. The van der Waals surface area contributed by atoms with Crippen LogP contribution < -0.4 is 59.1 Å². The van der Waals surface area contributed by atoms with Gasteiger partial charge in [0.05, 0.1) is 0 Å². The second-order valence-corrected chi connectivity index (χ2v) is 6.08. The van der Waals surface area contributed by atoms with Crippen molar-refractivity contribution in [2.24, 2.45) is 11.8 Å². The molecule has 0 spiro atoms. The molecule has 0 aliphatic carbocycles. The zero-order valence-electron chi connectivity index (χ0n) is 13.0. The summed E-state index contributed by atoms with van der Waals surface area (Å²) in [4.78, 5) is 0. The molecule has 0 bridgehead atoms. The molecule has 0 radical (unpaired) electrons. The number of hydrogen-bond donors (Lipinski definition) is 0. The van der Waals surface area contributed by atoms with Crippen LogP contribution in [0.3, 0.4) is 0 Å². The van der Waals surface area contributed by atoms with E-state index in [0.29, 0.717) is 0 Å². The molecular formula is C12H22Na2O4S2. The molecule has 0 saturated heterocycles. The van der Waals surface area contributed by atoms with Crippen LogP contribution in [-0.2, 0) is 22.2 Å². The van der Waals surface area contributed by atoms with E-state index in [9.17, 15) is 17.5 Å². The minimum atomic E-state index is -1.89. The van der Waals surface area contributed by atoms with E-state index in [2.05, 4.69) is 13.2 Å². The molecule has 0 aromatic rings. The van der Waals surface area contributed by atoms with Crippen LogP contribution in [0.4, 0.5) is 0 Å². The predicted octanol–water partition coefficient (Wildman–Crippen LogP) is -3.84. The first-order valence-electron chi connectivity index (χ1n) is 5.66. The molecule has 0 N–H and O–H groups in total. The summed E-state index contributed by atoms with van der Waals surface area (Å²) in [5.41, 5.74) is 0. The van der Waals surface area contributed by atoms with Crippen LogP contribution in [0, 0.1) is 11.8 Å². The first-order valence-corrected chi connectivity index (χ1v) is 8.15. The quantitative estimate of drug-likeness (QED) is 0.258. The minimum absolute atomic E-state index is 0. The fourth-order valence-corrected chi connectivity index (χ4v) is 2.37. The molecule has 20 heavy (non-hydrogen) atoms. The van der Waals surface area contributed by atoms with Crippen molar-refractivity contribution in [1.82, 2.24) is 0 Å². The van der Waals surface area contributed by atoms with Crippen LogP contribution >= 0.6 is 0 Å². The van der Waals surface area contributed by atoms with Gasteiger partial charge in [0.2, 0.25) is 0 Å². The van der Waals surface area contributed by atoms with Crippen molar-refractivity contribution in [1.29, 1.82) is 0 Å². The molecule has 0 amide bonds. The Labute approximate surface area is 172 Å². The van der Waals surface area contributed by atoms with Crippen LogP contribution in [0.5, 0.6) is 0 Å². The summed E-state index contributed by atoms with van der Waals surface area (Å²) < 4.78 is 40.2. The van der Waals surface area contributed by atoms with E-state index in [-0.39, 0.29) is 82.5 Å². The van der Waals surface area contributed by atoms with Gasteiger partial charge < -0.3 is 9.11 Å². The van der Waals surface area contributed by atoms with Crippen molar-refractivity contribution < 1.29 is 76.6 Å². The summed E-state index contributed by atoms with van der Waals surface area (Å²) in [6.07, 6.45) is 5.01.